The van der Waals surface area contributed by atoms with Gasteiger partial charge in [0.05, 0.1) is 17.9 Å². The van der Waals surface area contributed by atoms with E-state index in [4.69, 9.17) is 4.74 Å². The van der Waals surface area contributed by atoms with Crippen LogP contribution in [0.4, 0.5) is 5.69 Å². The highest BCUT2D eigenvalue weighted by Gasteiger charge is 2.40. The van der Waals surface area contributed by atoms with Gasteiger partial charge < -0.3 is 15.0 Å². The maximum absolute atomic E-state index is 12.6. The molecule has 0 aromatic heterocycles. The Balaban J connectivity index is 1.57. The van der Waals surface area contributed by atoms with Crippen molar-refractivity contribution in [2.45, 2.75) is 26.3 Å². The van der Waals surface area contributed by atoms with Crippen LogP contribution in [0.2, 0.25) is 0 Å². The molecule has 8 nitrogen and oxygen atoms in total. The Kier molecular flexibility index (Phi) is 4.47. The Morgan fingerprint density at radius 1 is 1.23 bits per heavy atom. The van der Waals surface area contributed by atoms with Crippen molar-refractivity contribution in [2.24, 2.45) is 0 Å². The number of amides is 2. The fourth-order valence-electron chi connectivity index (χ4n) is 3.57. The zero-order valence-electron chi connectivity index (χ0n) is 14.5. The summed E-state index contributed by atoms with van der Waals surface area (Å²) in [6, 6.07) is 4.07. The highest BCUT2D eigenvalue weighted by atomic mass is 79.9. The molecule has 9 heteroatoms. The molecule has 1 aromatic rings. The number of anilines is 1. The normalized spacial score (nSPS) is 25.9. The molecule has 2 amide bonds. The van der Waals surface area contributed by atoms with Gasteiger partial charge >= 0.3 is 0 Å². The monoisotopic (exact) mass is 421 g/mol. The second-order valence-electron chi connectivity index (χ2n) is 6.59. The summed E-state index contributed by atoms with van der Waals surface area (Å²) in [4.78, 5) is 26.2. The van der Waals surface area contributed by atoms with Gasteiger partial charge in [0.25, 0.3) is 11.8 Å². The third-order valence-corrected chi connectivity index (χ3v) is 5.19. The first-order chi connectivity index (χ1) is 12.4. The molecule has 3 aliphatic heterocycles. The van der Waals surface area contributed by atoms with Crippen molar-refractivity contribution in [1.29, 1.82) is 0 Å². The molecule has 0 bridgehead atoms. The number of halogens is 1. The maximum atomic E-state index is 12.6. The van der Waals surface area contributed by atoms with Crippen molar-refractivity contribution >= 4 is 33.4 Å². The van der Waals surface area contributed by atoms with Crippen LogP contribution in [0.3, 0.4) is 0 Å². The van der Waals surface area contributed by atoms with E-state index in [0.29, 0.717) is 18.7 Å². The molecule has 0 saturated carbocycles. The van der Waals surface area contributed by atoms with E-state index in [9.17, 15) is 9.59 Å². The molecule has 3 N–H and O–H groups in total. The zero-order valence-corrected chi connectivity index (χ0v) is 16.1. The van der Waals surface area contributed by atoms with Crippen LogP contribution < -0.4 is 21.1 Å². The summed E-state index contributed by atoms with van der Waals surface area (Å²) in [6.45, 7) is 5.00. The van der Waals surface area contributed by atoms with Crippen LogP contribution in [-0.2, 0) is 14.3 Å². The Morgan fingerprint density at radius 3 is 2.65 bits per heavy atom. The highest BCUT2D eigenvalue weighted by Crippen LogP contribution is 2.31. The van der Waals surface area contributed by atoms with Gasteiger partial charge in [0.1, 0.15) is 12.8 Å². The molecule has 1 aromatic carbocycles. The topological polar surface area (TPSA) is 85.9 Å². The summed E-state index contributed by atoms with van der Waals surface area (Å²) < 4.78 is 6.17. The third kappa shape index (κ3) is 3.01. The van der Waals surface area contributed by atoms with Gasteiger partial charge in [0.15, 0.2) is 6.29 Å². The predicted molar refractivity (Wildman–Crippen MR) is 98.7 cm³/mol. The Hall–Kier alpha value is -1.94. The Morgan fingerprint density at radius 2 is 1.96 bits per heavy atom. The molecule has 138 valence electrons. The minimum atomic E-state index is -0.555. The van der Waals surface area contributed by atoms with E-state index in [-0.39, 0.29) is 24.6 Å². The quantitative estimate of drug-likeness (QED) is 0.643. The molecule has 0 spiro atoms. The van der Waals surface area contributed by atoms with Crippen LogP contribution in [-0.4, -0.2) is 48.9 Å². The number of carbonyl (C=O) groups is 2. The molecule has 2 fully saturated rings. The van der Waals surface area contributed by atoms with Crippen LogP contribution >= 0.6 is 15.9 Å². The number of ether oxygens (including phenoxy) is 1. The largest absolute Gasteiger partial charge is 0.370 e. The number of hydrazine groups is 1. The first kappa shape index (κ1) is 17.5. The summed E-state index contributed by atoms with van der Waals surface area (Å²) in [5, 5.41) is 8.01. The number of nitrogens with one attached hydrogen (secondary N) is 3. The van der Waals surface area contributed by atoms with E-state index in [1.54, 1.807) is 11.1 Å². The molecule has 26 heavy (non-hydrogen) atoms. The third-order valence-electron chi connectivity index (χ3n) is 4.73. The van der Waals surface area contributed by atoms with Gasteiger partial charge in [-0.1, -0.05) is 15.9 Å². The molecule has 4 rings (SSSR count). The van der Waals surface area contributed by atoms with Crippen LogP contribution in [0.5, 0.6) is 0 Å². The first-order valence-electron chi connectivity index (χ1n) is 8.42. The minimum Gasteiger partial charge on any atom is -0.370 e. The second kappa shape index (κ2) is 6.66. The summed E-state index contributed by atoms with van der Waals surface area (Å²) in [5.41, 5.74) is 7.07. The van der Waals surface area contributed by atoms with E-state index in [0.717, 1.165) is 21.3 Å². The van der Waals surface area contributed by atoms with Crippen LogP contribution in [0.25, 0.3) is 0 Å². The van der Waals surface area contributed by atoms with Gasteiger partial charge in [-0.3, -0.25) is 19.9 Å². The molecule has 2 unspecified atom stereocenters. The average Bonchev–Trinajstić information content (AvgIpc) is 2.98. The van der Waals surface area contributed by atoms with Crippen molar-refractivity contribution in [3.63, 3.8) is 0 Å². The SMILES string of the molecule is Cc1cc(Br)cc(C)c1N1C=C2C(=O)NC(N3CCOCC3=O)NC2N1. The highest BCUT2D eigenvalue weighted by molar-refractivity contribution is 9.10. The predicted octanol–water partition coefficient (Wildman–Crippen LogP) is 0.462. The summed E-state index contributed by atoms with van der Waals surface area (Å²) in [5.74, 6) is -0.337. The molecule has 2 atom stereocenters. The van der Waals surface area contributed by atoms with Crippen molar-refractivity contribution < 1.29 is 14.3 Å². The van der Waals surface area contributed by atoms with E-state index in [1.165, 1.54) is 0 Å². The maximum Gasteiger partial charge on any atom is 0.254 e. The van der Waals surface area contributed by atoms with E-state index in [1.807, 2.05) is 31.0 Å². The van der Waals surface area contributed by atoms with Crippen molar-refractivity contribution in [2.75, 3.05) is 24.8 Å². The van der Waals surface area contributed by atoms with Gasteiger partial charge in [-0.2, -0.15) is 0 Å². The van der Waals surface area contributed by atoms with E-state index in [2.05, 4.69) is 32.0 Å². The Labute approximate surface area is 159 Å². The average molecular weight is 422 g/mol. The summed E-state index contributed by atoms with van der Waals surface area (Å²) >= 11 is 3.51. The smallest absolute Gasteiger partial charge is 0.254 e. The molecular formula is C17H20BrN5O3. The zero-order chi connectivity index (χ0) is 18.4. The molecule has 0 aliphatic carbocycles. The molecule has 3 aliphatic rings. The fourth-order valence-corrected chi connectivity index (χ4v) is 4.25. The number of aryl methyl sites for hydroxylation is 2. The lowest BCUT2D eigenvalue weighted by molar-refractivity contribution is -0.149. The van der Waals surface area contributed by atoms with Crippen LogP contribution in [0.15, 0.2) is 28.4 Å². The van der Waals surface area contributed by atoms with Crippen molar-refractivity contribution in [3.8, 4) is 0 Å². The summed E-state index contributed by atoms with van der Waals surface area (Å²) in [7, 11) is 0. The molecule has 2 saturated heterocycles. The van der Waals surface area contributed by atoms with Crippen LogP contribution in [0, 0.1) is 13.8 Å². The summed E-state index contributed by atoms with van der Waals surface area (Å²) in [6.07, 6.45) is 0.876. The molecule has 3 heterocycles. The van der Waals surface area contributed by atoms with Gasteiger partial charge in [-0.15, -0.1) is 0 Å². The van der Waals surface area contributed by atoms with E-state index < -0.39 is 6.29 Å². The van der Waals surface area contributed by atoms with Gasteiger partial charge in [-0.05, 0) is 37.1 Å². The number of hydrogen-bond donors (Lipinski definition) is 3. The van der Waals surface area contributed by atoms with Crippen molar-refractivity contribution in [3.05, 3.63) is 39.5 Å². The number of rotatable bonds is 2. The first-order valence-corrected chi connectivity index (χ1v) is 9.21. The lowest BCUT2D eigenvalue weighted by atomic mass is 10.1. The van der Waals surface area contributed by atoms with Gasteiger partial charge in [0, 0.05) is 17.2 Å². The van der Waals surface area contributed by atoms with Crippen LogP contribution in [0.1, 0.15) is 11.1 Å². The van der Waals surface area contributed by atoms with Gasteiger partial charge in [0.2, 0.25) is 0 Å². The second-order valence-corrected chi connectivity index (χ2v) is 7.50. The van der Waals surface area contributed by atoms with E-state index >= 15 is 0 Å². The number of benzene rings is 1. The lowest BCUT2D eigenvalue weighted by Gasteiger charge is -2.39. The van der Waals surface area contributed by atoms with Crippen molar-refractivity contribution in [1.82, 2.24) is 21.0 Å². The number of nitrogens with zero attached hydrogens (tertiary/aromatic N) is 2. The van der Waals surface area contributed by atoms with Gasteiger partial charge in [-0.25, -0.2) is 5.43 Å². The molecular weight excluding hydrogens is 402 g/mol. The lowest BCUT2D eigenvalue weighted by Crippen LogP contribution is -2.69. The number of carbonyl (C=O) groups excluding carboxylic acids is 2. The Bertz CT molecular complexity index is 789. The molecule has 0 radical (unpaired) electrons. The standard InChI is InChI=1S/C17H20BrN5O3/c1-9-5-11(18)6-10(2)14(9)23-7-12-15(21-23)19-17(20-16(12)25)22-3-4-26-8-13(22)24/h5-7,15,17,19,21H,3-4,8H2,1-2H3,(H,20,25). The number of fused-ring (bicyclic) bond motifs is 1. The minimum absolute atomic E-state index is 0.0399. The fraction of sp³-hybridized carbons (Fsp3) is 0.412. The number of morpholine rings is 1. The number of hydrogen-bond acceptors (Lipinski definition) is 6.